The van der Waals surface area contributed by atoms with E-state index in [4.69, 9.17) is 9.57 Å². The van der Waals surface area contributed by atoms with Crippen molar-refractivity contribution in [2.45, 2.75) is 43.4 Å². The van der Waals surface area contributed by atoms with Gasteiger partial charge in [-0.1, -0.05) is 30.3 Å². The maximum Gasteiger partial charge on any atom is 0.341 e. The highest BCUT2D eigenvalue weighted by Gasteiger charge is 2.50. The largest absolute Gasteiger partial charge is 0.381 e. The van der Waals surface area contributed by atoms with E-state index >= 15 is 0 Å². The zero-order valence-corrected chi connectivity index (χ0v) is 14.8. The van der Waals surface area contributed by atoms with Gasteiger partial charge in [-0.2, -0.15) is 0 Å². The number of hydrogen-bond acceptors (Lipinski definition) is 4. The first-order chi connectivity index (χ1) is 12.1. The molecular weight excluding hydrogens is 318 g/mol. The molecule has 2 aliphatic heterocycles. The predicted molar refractivity (Wildman–Crippen MR) is 93.6 cm³/mol. The van der Waals surface area contributed by atoms with E-state index in [1.165, 1.54) is 5.56 Å². The third-order valence-electron chi connectivity index (χ3n) is 6.16. The second-order valence-corrected chi connectivity index (χ2v) is 7.66. The summed E-state index contributed by atoms with van der Waals surface area (Å²) in [5.74, 6) is 0.602. The van der Waals surface area contributed by atoms with Crippen molar-refractivity contribution in [2.24, 2.45) is 5.92 Å². The van der Waals surface area contributed by atoms with E-state index < -0.39 is 5.72 Å². The SMILES string of the molecule is CN(CC1CCOC1)C1(c2ccccc2)CCC2(CC1)NC(=O)NO2. The Hall–Kier alpha value is -1.63. The average molecular weight is 345 g/mol. The van der Waals surface area contributed by atoms with Gasteiger partial charge in [-0.15, -0.1) is 0 Å². The van der Waals surface area contributed by atoms with Crippen molar-refractivity contribution in [3.05, 3.63) is 35.9 Å². The van der Waals surface area contributed by atoms with Crippen LogP contribution >= 0.6 is 0 Å². The molecule has 2 amide bonds. The molecule has 1 atom stereocenters. The topological polar surface area (TPSA) is 62.8 Å². The van der Waals surface area contributed by atoms with E-state index in [0.717, 1.165) is 51.9 Å². The van der Waals surface area contributed by atoms with E-state index in [1.54, 1.807) is 0 Å². The Morgan fingerprint density at radius 1 is 1.20 bits per heavy atom. The van der Waals surface area contributed by atoms with Gasteiger partial charge in [0.15, 0.2) is 5.72 Å². The molecule has 1 spiro atoms. The van der Waals surface area contributed by atoms with E-state index in [0.29, 0.717) is 5.92 Å². The number of ether oxygens (including phenoxy) is 1. The lowest BCUT2D eigenvalue weighted by Crippen LogP contribution is -2.55. The van der Waals surface area contributed by atoms with Crippen molar-refractivity contribution in [1.29, 1.82) is 0 Å². The van der Waals surface area contributed by atoms with E-state index in [9.17, 15) is 4.79 Å². The minimum Gasteiger partial charge on any atom is -0.381 e. The minimum absolute atomic E-state index is 0.0220. The number of urea groups is 1. The van der Waals surface area contributed by atoms with Crippen LogP contribution in [0.2, 0.25) is 0 Å². The Morgan fingerprint density at radius 3 is 2.56 bits per heavy atom. The van der Waals surface area contributed by atoms with Gasteiger partial charge in [0.05, 0.1) is 6.61 Å². The summed E-state index contributed by atoms with van der Waals surface area (Å²) in [6.07, 6.45) is 4.63. The molecule has 4 rings (SSSR count). The van der Waals surface area contributed by atoms with E-state index in [2.05, 4.69) is 53.1 Å². The Bertz CT molecular complexity index is 608. The van der Waals surface area contributed by atoms with Gasteiger partial charge in [0.2, 0.25) is 0 Å². The molecule has 0 radical (unpaired) electrons. The molecule has 1 aromatic rings. The van der Waals surface area contributed by atoms with Crippen LogP contribution in [0.15, 0.2) is 30.3 Å². The fourth-order valence-electron chi connectivity index (χ4n) is 4.62. The summed E-state index contributed by atoms with van der Waals surface area (Å²) in [4.78, 5) is 19.6. The third kappa shape index (κ3) is 3.14. The van der Waals surface area contributed by atoms with Crippen molar-refractivity contribution in [1.82, 2.24) is 15.7 Å². The van der Waals surface area contributed by atoms with E-state index in [-0.39, 0.29) is 11.6 Å². The molecular formula is C19H27N3O3. The highest BCUT2D eigenvalue weighted by atomic mass is 16.7. The number of carbonyl (C=O) groups excluding carboxylic acids is 1. The van der Waals surface area contributed by atoms with Crippen molar-refractivity contribution >= 4 is 6.03 Å². The molecule has 2 saturated heterocycles. The van der Waals surface area contributed by atoms with Gasteiger partial charge in [0.1, 0.15) is 0 Å². The van der Waals surface area contributed by atoms with Crippen LogP contribution < -0.4 is 10.8 Å². The number of amides is 2. The summed E-state index contributed by atoms with van der Waals surface area (Å²) in [6.45, 7) is 2.78. The second kappa shape index (κ2) is 6.59. The maximum atomic E-state index is 11.5. The molecule has 3 aliphatic rings. The summed E-state index contributed by atoms with van der Waals surface area (Å²) in [5, 5.41) is 2.96. The van der Waals surface area contributed by atoms with Crippen LogP contribution in [0, 0.1) is 5.92 Å². The standard InChI is InChI=1S/C19H27N3O3/c1-22(13-15-7-12-24-14-15)18(16-5-3-2-4-6-16)8-10-19(11-9-18)20-17(23)21-25-19/h2-6,15H,7-14H2,1H3,(H2,20,21,23). The molecule has 0 bridgehead atoms. The van der Waals surface area contributed by atoms with Crippen LogP contribution in [0.4, 0.5) is 4.79 Å². The van der Waals surface area contributed by atoms with Crippen LogP contribution in [0.5, 0.6) is 0 Å². The Labute approximate surface area is 148 Å². The fourth-order valence-corrected chi connectivity index (χ4v) is 4.62. The molecule has 1 saturated carbocycles. The summed E-state index contributed by atoms with van der Waals surface area (Å²) in [5.41, 5.74) is 3.23. The van der Waals surface area contributed by atoms with Crippen LogP contribution in [0.1, 0.15) is 37.7 Å². The van der Waals surface area contributed by atoms with Crippen molar-refractivity contribution in [3.8, 4) is 0 Å². The van der Waals surface area contributed by atoms with Crippen LogP contribution in [-0.4, -0.2) is 43.5 Å². The zero-order valence-electron chi connectivity index (χ0n) is 14.8. The number of nitrogens with one attached hydrogen (secondary N) is 2. The van der Waals surface area contributed by atoms with Crippen LogP contribution in [-0.2, 0) is 15.1 Å². The van der Waals surface area contributed by atoms with Gasteiger partial charge < -0.3 is 10.1 Å². The molecule has 25 heavy (non-hydrogen) atoms. The maximum absolute atomic E-state index is 11.5. The fraction of sp³-hybridized carbons (Fsp3) is 0.632. The highest BCUT2D eigenvalue weighted by Crippen LogP contribution is 2.46. The molecule has 6 nitrogen and oxygen atoms in total. The summed E-state index contributed by atoms with van der Waals surface area (Å²) < 4.78 is 5.57. The molecule has 0 aromatic heterocycles. The minimum atomic E-state index is -0.549. The second-order valence-electron chi connectivity index (χ2n) is 7.66. The number of hydroxylamine groups is 1. The molecule has 2 heterocycles. The molecule has 2 N–H and O–H groups in total. The van der Waals surface area contributed by atoms with Crippen LogP contribution in [0.3, 0.4) is 0 Å². The lowest BCUT2D eigenvalue weighted by molar-refractivity contribution is -0.111. The number of carbonyl (C=O) groups is 1. The zero-order chi connectivity index (χ0) is 17.3. The Balaban J connectivity index is 1.56. The van der Waals surface area contributed by atoms with Gasteiger partial charge in [-0.3, -0.25) is 4.90 Å². The predicted octanol–water partition coefficient (Wildman–Crippen LogP) is 2.36. The van der Waals surface area contributed by atoms with Gasteiger partial charge in [-0.05, 0) is 50.6 Å². The molecule has 1 aromatic carbocycles. The first kappa shape index (κ1) is 16.8. The smallest absolute Gasteiger partial charge is 0.341 e. The Kier molecular flexibility index (Phi) is 4.43. The molecule has 3 fully saturated rings. The summed E-state index contributed by atoms with van der Waals surface area (Å²) >= 11 is 0. The normalized spacial score (nSPS) is 35.1. The van der Waals surface area contributed by atoms with Gasteiger partial charge >= 0.3 is 6.03 Å². The number of rotatable bonds is 4. The van der Waals surface area contributed by atoms with Crippen LogP contribution in [0.25, 0.3) is 0 Å². The highest BCUT2D eigenvalue weighted by molar-refractivity contribution is 5.75. The quantitative estimate of drug-likeness (QED) is 0.879. The number of benzene rings is 1. The van der Waals surface area contributed by atoms with Crippen molar-refractivity contribution in [3.63, 3.8) is 0 Å². The molecule has 6 heteroatoms. The van der Waals surface area contributed by atoms with Gasteiger partial charge in [-0.25, -0.2) is 15.1 Å². The average Bonchev–Trinajstić information content (AvgIpc) is 3.27. The summed E-state index contributed by atoms with van der Waals surface area (Å²) in [7, 11) is 2.23. The van der Waals surface area contributed by atoms with Crippen molar-refractivity contribution < 1.29 is 14.4 Å². The number of nitrogens with zero attached hydrogens (tertiary/aromatic N) is 1. The third-order valence-corrected chi connectivity index (χ3v) is 6.16. The first-order valence-electron chi connectivity index (χ1n) is 9.23. The lowest BCUT2D eigenvalue weighted by atomic mass is 9.72. The monoisotopic (exact) mass is 345 g/mol. The van der Waals surface area contributed by atoms with Gasteiger partial charge in [0, 0.05) is 18.7 Å². The molecule has 1 unspecified atom stereocenters. The molecule has 1 aliphatic carbocycles. The van der Waals surface area contributed by atoms with Gasteiger partial charge in [0.25, 0.3) is 0 Å². The summed E-state index contributed by atoms with van der Waals surface area (Å²) in [6, 6.07) is 10.5. The lowest BCUT2D eigenvalue weighted by Gasteiger charge is -2.49. The van der Waals surface area contributed by atoms with Crippen molar-refractivity contribution in [2.75, 3.05) is 26.8 Å². The Morgan fingerprint density at radius 2 is 1.96 bits per heavy atom. The first-order valence-corrected chi connectivity index (χ1v) is 9.23. The van der Waals surface area contributed by atoms with E-state index in [1.807, 2.05) is 0 Å². The molecule has 136 valence electrons. The number of hydrogen-bond donors (Lipinski definition) is 2.